The largest absolute Gasteiger partial charge is 0.506 e. The molecule has 0 radical (unpaired) electrons. The second kappa shape index (κ2) is 6.11. The number of methoxy groups -OCH3 is 1. The van der Waals surface area contributed by atoms with Crippen molar-refractivity contribution in [3.63, 3.8) is 0 Å². The van der Waals surface area contributed by atoms with E-state index < -0.39 is 0 Å². The molecule has 2 aromatic heterocycles. The molecule has 2 aromatic carbocycles. The Morgan fingerprint density at radius 3 is 2.64 bits per heavy atom. The zero-order valence-corrected chi connectivity index (χ0v) is 14.1. The highest BCUT2D eigenvalue weighted by Crippen LogP contribution is 2.36. The average molecular weight is 352 g/mol. The van der Waals surface area contributed by atoms with Gasteiger partial charge in [-0.15, -0.1) is 0 Å². The zero-order valence-electron chi connectivity index (χ0n) is 13.3. The Hall–Kier alpha value is -3.05. The number of benzene rings is 2. The normalized spacial score (nSPS) is 11.0. The van der Waals surface area contributed by atoms with Gasteiger partial charge < -0.3 is 15.2 Å². The van der Waals surface area contributed by atoms with Crippen LogP contribution >= 0.6 is 11.6 Å². The number of phenols is 1. The van der Waals surface area contributed by atoms with Crippen LogP contribution in [0, 0.1) is 0 Å². The maximum atomic E-state index is 10.1. The van der Waals surface area contributed by atoms with E-state index in [0.29, 0.717) is 27.6 Å². The number of aromatic nitrogens is 2. The lowest BCUT2D eigenvalue weighted by molar-refractivity contribution is 0.399. The van der Waals surface area contributed by atoms with Crippen molar-refractivity contribution in [3.05, 3.63) is 59.6 Å². The summed E-state index contributed by atoms with van der Waals surface area (Å²) in [6.07, 6.45) is 0. The van der Waals surface area contributed by atoms with Gasteiger partial charge in [0, 0.05) is 16.5 Å². The third kappa shape index (κ3) is 2.79. The molecule has 0 saturated carbocycles. The Bertz CT molecular complexity index is 1100. The highest BCUT2D eigenvalue weighted by molar-refractivity contribution is 6.31. The number of para-hydroxylation sites is 2. The number of nitrogens with zero attached hydrogens (tertiary/aromatic N) is 2. The van der Waals surface area contributed by atoms with E-state index in [9.17, 15) is 5.11 Å². The first-order valence-corrected chi connectivity index (χ1v) is 8.02. The second-order valence-electron chi connectivity index (χ2n) is 5.51. The Morgan fingerprint density at radius 2 is 1.84 bits per heavy atom. The number of nitrogens with one attached hydrogen (secondary N) is 1. The Kier molecular flexibility index (Phi) is 3.78. The molecule has 0 aliphatic heterocycles. The van der Waals surface area contributed by atoms with E-state index in [0.717, 1.165) is 16.6 Å². The van der Waals surface area contributed by atoms with Gasteiger partial charge in [-0.3, -0.25) is 0 Å². The molecule has 0 aliphatic carbocycles. The standard InChI is InChI=1S/C19H14ClN3O2/c1-25-17-9-8-14-19(23-17)18(22-13-4-2-3-5-16(13)24)12-7-6-11(20)10-15(12)21-14/h2-10,24H,1H3,(H,21,22). The van der Waals surface area contributed by atoms with Crippen molar-refractivity contribution in [2.75, 3.05) is 12.4 Å². The van der Waals surface area contributed by atoms with Gasteiger partial charge in [-0.2, -0.15) is 0 Å². The number of aromatic hydroxyl groups is 1. The number of anilines is 2. The topological polar surface area (TPSA) is 67.3 Å². The molecule has 25 heavy (non-hydrogen) atoms. The van der Waals surface area contributed by atoms with Crippen molar-refractivity contribution in [2.45, 2.75) is 0 Å². The minimum atomic E-state index is 0.150. The summed E-state index contributed by atoms with van der Waals surface area (Å²) in [6, 6.07) is 16.1. The van der Waals surface area contributed by atoms with E-state index in [1.54, 1.807) is 43.5 Å². The smallest absolute Gasteiger partial charge is 0.213 e. The van der Waals surface area contributed by atoms with Gasteiger partial charge >= 0.3 is 0 Å². The molecule has 0 amide bonds. The van der Waals surface area contributed by atoms with Gasteiger partial charge in [0.2, 0.25) is 5.88 Å². The van der Waals surface area contributed by atoms with E-state index in [1.165, 1.54) is 0 Å². The molecule has 0 spiro atoms. The number of halogens is 1. The molecular weight excluding hydrogens is 338 g/mol. The van der Waals surface area contributed by atoms with Crippen LogP contribution in [0.3, 0.4) is 0 Å². The molecule has 2 heterocycles. The van der Waals surface area contributed by atoms with Crippen LogP contribution in [0.15, 0.2) is 54.6 Å². The van der Waals surface area contributed by atoms with Gasteiger partial charge in [0.1, 0.15) is 11.3 Å². The summed E-state index contributed by atoms with van der Waals surface area (Å²) >= 11 is 6.12. The van der Waals surface area contributed by atoms with Gasteiger partial charge in [-0.05, 0) is 36.4 Å². The molecule has 0 aliphatic rings. The number of ether oxygens (including phenoxy) is 1. The predicted octanol–water partition coefficient (Wildman–Crippen LogP) is 4.89. The predicted molar refractivity (Wildman–Crippen MR) is 100.0 cm³/mol. The van der Waals surface area contributed by atoms with Gasteiger partial charge in [0.15, 0.2) is 0 Å². The Labute approximate surface area is 148 Å². The van der Waals surface area contributed by atoms with Crippen LogP contribution in [0.5, 0.6) is 11.6 Å². The van der Waals surface area contributed by atoms with Crippen molar-refractivity contribution < 1.29 is 9.84 Å². The molecule has 2 N–H and O–H groups in total. The van der Waals surface area contributed by atoms with Crippen LogP contribution < -0.4 is 10.1 Å². The summed E-state index contributed by atoms with van der Waals surface area (Å²) in [5.74, 6) is 0.639. The SMILES string of the molecule is COc1ccc2nc3cc(Cl)ccc3c(Nc3ccccc3O)c2n1. The molecule has 0 fully saturated rings. The average Bonchev–Trinajstić information content (AvgIpc) is 2.62. The molecule has 6 heteroatoms. The molecule has 0 atom stereocenters. The number of phenolic OH excluding ortho intramolecular Hbond substituents is 1. The molecule has 0 saturated heterocycles. The third-order valence-corrected chi connectivity index (χ3v) is 4.16. The van der Waals surface area contributed by atoms with Crippen LogP contribution in [0.4, 0.5) is 11.4 Å². The van der Waals surface area contributed by atoms with Crippen molar-refractivity contribution in [1.29, 1.82) is 0 Å². The first kappa shape index (κ1) is 15.5. The molecule has 0 unspecified atom stereocenters. The summed E-state index contributed by atoms with van der Waals surface area (Å²) < 4.78 is 5.25. The molecule has 0 bridgehead atoms. The number of hydrogen-bond donors (Lipinski definition) is 2. The monoisotopic (exact) mass is 351 g/mol. The summed E-state index contributed by atoms with van der Waals surface area (Å²) in [6.45, 7) is 0. The van der Waals surface area contributed by atoms with E-state index in [1.807, 2.05) is 18.2 Å². The lowest BCUT2D eigenvalue weighted by atomic mass is 10.1. The quantitative estimate of drug-likeness (QED) is 0.406. The van der Waals surface area contributed by atoms with Crippen molar-refractivity contribution in [2.24, 2.45) is 0 Å². The zero-order chi connectivity index (χ0) is 17.4. The number of fused-ring (bicyclic) bond motifs is 2. The van der Waals surface area contributed by atoms with Crippen LogP contribution in [0.25, 0.3) is 21.9 Å². The summed E-state index contributed by atoms with van der Waals surface area (Å²) in [7, 11) is 1.57. The van der Waals surface area contributed by atoms with Gasteiger partial charge in [-0.1, -0.05) is 23.7 Å². The fourth-order valence-corrected chi connectivity index (χ4v) is 2.89. The van der Waals surface area contributed by atoms with Gasteiger partial charge in [-0.25, -0.2) is 9.97 Å². The van der Waals surface area contributed by atoms with Crippen LogP contribution in [-0.2, 0) is 0 Å². The van der Waals surface area contributed by atoms with Crippen LogP contribution in [0.2, 0.25) is 5.02 Å². The second-order valence-corrected chi connectivity index (χ2v) is 5.95. The fourth-order valence-electron chi connectivity index (χ4n) is 2.73. The van der Waals surface area contributed by atoms with Crippen molar-refractivity contribution >= 4 is 44.9 Å². The lowest BCUT2D eigenvalue weighted by Crippen LogP contribution is -1.98. The van der Waals surface area contributed by atoms with E-state index in [-0.39, 0.29) is 5.75 Å². The number of rotatable bonds is 3. The molecular formula is C19H14ClN3O2. The van der Waals surface area contributed by atoms with Crippen molar-refractivity contribution in [3.8, 4) is 11.6 Å². The summed E-state index contributed by atoms with van der Waals surface area (Å²) in [5.41, 5.74) is 3.41. The summed E-state index contributed by atoms with van der Waals surface area (Å²) in [5, 5.41) is 14.8. The Morgan fingerprint density at radius 1 is 1.00 bits per heavy atom. The van der Waals surface area contributed by atoms with Gasteiger partial charge in [0.25, 0.3) is 0 Å². The fraction of sp³-hybridized carbons (Fsp3) is 0.0526. The van der Waals surface area contributed by atoms with E-state index >= 15 is 0 Å². The highest BCUT2D eigenvalue weighted by atomic mass is 35.5. The van der Waals surface area contributed by atoms with Gasteiger partial charge in [0.05, 0.1) is 29.5 Å². The molecule has 5 nitrogen and oxygen atoms in total. The minimum absolute atomic E-state index is 0.150. The lowest BCUT2D eigenvalue weighted by Gasteiger charge is -2.14. The first-order chi connectivity index (χ1) is 12.2. The minimum Gasteiger partial charge on any atom is -0.506 e. The number of hydrogen-bond acceptors (Lipinski definition) is 5. The highest BCUT2D eigenvalue weighted by Gasteiger charge is 2.13. The molecule has 4 aromatic rings. The maximum Gasteiger partial charge on any atom is 0.213 e. The summed E-state index contributed by atoms with van der Waals surface area (Å²) in [4.78, 5) is 9.16. The van der Waals surface area contributed by atoms with E-state index in [4.69, 9.17) is 16.3 Å². The molecule has 4 rings (SSSR count). The third-order valence-electron chi connectivity index (χ3n) is 3.93. The van der Waals surface area contributed by atoms with E-state index in [2.05, 4.69) is 15.3 Å². The van der Waals surface area contributed by atoms with Crippen LogP contribution in [-0.4, -0.2) is 22.2 Å². The maximum absolute atomic E-state index is 10.1. The Balaban J connectivity index is 2.04. The first-order valence-electron chi connectivity index (χ1n) is 7.65. The number of pyridine rings is 2. The van der Waals surface area contributed by atoms with Crippen LogP contribution in [0.1, 0.15) is 0 Å². The van der Waals surface area contributed by atoms with Crippen molar-refractivity contribution in [1.82, 2.24) is 9.97 Å². The molecule has 124 valence electrons.